The molecule has 0 radical (unpaired) electrons. The Hall–Kier alpha value is -2.17. The number of likely N-dealkylation sites (tertiary alicyclic amines) is 1. The SMILES string of the molecule is NC[C@@H]1CN(CCC(=O)NC2CCCc3ccccc32)C[C@H]1c1ccccc1. The summed E-state index contributed by atoms with van der Waals surface area (Å²) in [6, 6.07) is 19.3. The molecule has 1 aliphatic carbocycles. The molecule has 1 amide bonds. The summed E-state index contributed by atoms with van der Waals surface area (Å²) in [4.78, 5) is 15.0. The van der Waals surface area contributed by atoms with Crippen LogP contribution in [0, 0.1) is 5.92 Å². The molecule has 0 spiro atoms. The average Bonchev–Trinajstić information content (AvgIpc) is 3.17. The van der Waals surface area contributed by atoms with Crippen LogP contribution in [0.2, 0.25) is 0 Å². The predicted molar refractivity (Wildman–Crippen MR) is 113 cm³/mol. The fourth-order valence-electron chi connectivity index (χ4n) is 4.89. The number of amides is 1. The first-order chi connectivity index (χ1) is 13.7. The molecular weight excluding hydrogens is 346 g/mol. The molecule has 148 valence electrons. The first-order valence-corrected chi connectivity index (χ1v) is 10.6. The number of hydrogen-bond acceptors (Lipinski definition) is 3. The van der Waals surface area contributed by atoms with Gasteiger partial charge < -0.3 is 16.0 Å². The lowest BCUT2D eigenvalue weighted by Crippen LogP contribution is -2.34. The van der Waals surface area contributed by atoms with Crippen LogP contribution in [0.25, 0.3) is 0 Å². The number of hydrogen-bond donors (Lipinski definition) is 2. The summed E-state index contributed by atoms with van der Waals surface area (Å²) in [6.07, 6.45) is 3.86. The van der Waals surface area contributed by atoms with E-state index in [1.54, 1.807) is 0 Å². The molecule has 0 bridgehead atoms. The minimum Gasteiger partial charge on any atom is -0.349 e. The maximum Gasteiger partial charge on any atom is 0.221 e. The third kappa shape index (κ3) is 4.29. The second-order valence-electron chi connectivity index (χ2n) is 8.23. The van der Waals surface area contributed by atoms with Crippen molar-refractivity contribution in [2.75, 3.05) is 26.2 Å². The third-order valence-electron chi connectivity index (χ3n) is 6.41. The molecule has 0 saturated carbocycles. The van der Waals surface area contributed by atoms with Gasteiger partial charge in [-0.05, 0) is 48.4 Å². The summed E-state index contributed by atoms with van der Waals surface area (Å²) >= 11 is 0. The van der Waals surface area contributed by atoms with E-state index in [0.717, 1.165) is 38.9 Å². The van der Waals surface area contributed by atoms with Gasteiger partial charge in [0.15, 0.2) is 0 Å². The van der Waals surface area contributed by atoms with Crippen molar-refractivity contribution in [2.24, 2.45) is 11.7 Å². The lowest BCUT2D eigenvalue weighted by molar-refractivity contribution is -0.122. The number of nitrogens with zero attached hydrogens (tertiary/aromatic N) is 1. The molecule has 1 aliphatic heterocycles. The van der Waals surface area contributed by atoms with E-state index in [2.05, 4.69) is 64.8 Å². The molecule has 4 heteroatoms. The number of carbonyl (C=O) groups is 1. The molecule has 2 aromatic rings. The molecule has 2 aliphatic rings. The summed E-state index contributed by atoms with van der Waals surface area (Å²) in [6.45, 7) is 3.47. The Kier molecular flexibility index (Phi) is 6.08. The highest BCUT2D eigenvalue weighted by Gasteiger charge is 2.32. The molecule has 1 heterocycles. The van der Waals surface area contributed by atoms with Gasteiger partial charge in [0, 0.05) is 32.0 Å². The number of nitrogens with one attached hydrogen (secondary N) is 1. The monoisotopic (exact) mass is 377 g/mol. The minimum atomic E-state index is 0.161. The predicted octanol–water partition coefficient (Wildman–Crippen LogP) is 3.24. The molecule has 3 N–H and O–H groups in total. The van der Waals surface area contributed by atoms with Crippen LogP contribution in [0.1, 0.15) is 47.9 Å². The van der Waals surface area contributed by atoms with Crippen LogP contribution in [-0.2, 0) is 11.2 Å². The van der Waals surface area contributed by atoms with E-state index in [1.165, 1.54) is 16.7 Å². The van der Waals surface area contributed by atoms with E-state index in [4.69, 9.17) is 5.73 Å². The quantitative estimate of drug-likeness (QED) is 0.812. The van der Waals surface area contributed by atoms with Gasteiger partial charge in [0.1, 0.15) is 0 Å². The zero-order valence-electron chi connectivity index (χ0n) is 16.5. The molecular formula is C24H31N3O. The molecule has 1 saturated heterocycles. The molecule has 3 atom stereocenters. The number of rotatable bonds is 6. The fourth-order valence-corrected chi connectivity index (χ4v) is 4.89. The second kappa shape index (κ2) is 8.89. The van der Waals surface area contributed by atoms with E-state index in [0.29, 0.717) is 24.8 Å². The summed E-state index contributed by atoms with van der Waals surface area (Å²) in [5, 5.41) is 3.28. The topological polar surface area (TPSA) is 58.4 Å². The highest BCUT2D eigenvalue weighted by molar-refractivity contribution is 5.76. The van der Waals surface area contributed by atoms with Crippen molar-refractivity contribution in [3.63, 3.8) is 0 Å². The minimum absolute atomic E-state index is 0.161. The normalized spacial score (nSPS) is 24.7. The first kappa shape index (κ1) is 19.2. The highest BCUT2D eigenvalue weighted by atomic mass is 16.1. The smallest absolute Gasteiger partial charge is 0.221 e. The lowest BCUT2D eigenvalue weighted by Gasteiger charge is -2.26. The average molecular weight is 378 g/mol. The van der Waals surface area contributed by atoms with Crippen LogP contribution >= 0.6 is 0 Å². The van der Waals surface area contributed by atoms with Crippen LogP contribution in [0.5, 0.6) is 0 Å². The van der Waals surface area contributed by atoms with Gasteiger partial charge in [-0.3, -0.25) is 4.79 Å². The van der Waals surface area contributed by atoms with E-state index < -0.39 is 0 Å². The van der Waals surface area contributed by atoms with Gasteiger partial charge in [-0.2, -0.15) is 0 Å². The van der Waals surface area contributed by atoms with Gasteiger partial charge in [-0.1, -0.05) is 54.6 Å². The maximum atomic E-state index is 12.6. The van der Waals surface area contributed by atoms with E-state index in [9.17, 15) is 4.79 Å². The van der Waals surface area contributed by atoms with Crippen LogP contribution < -0.4 is 11.1 Å². The zero-order valence-corrected chi connectivity index (χ0v) is 16.5. The Bertz CT molecular complexity index is 791. The van der Waals surface area contributed by atoms with Gasteiger partial charge >= 0.3 is 0 Å². The summed E-state index contributed by atoms with van der Waals surface area (Å²) < 4.78 is 0. The van der Waals surface area contributed by atoms with Crippen LogP contribution in [0.4, 0.5) is 0 Å². The number of benzene rings is 2. The Labute approximate surface area is 168 Å². The first-order valence-electron chi connectivity index (χ1n) is 10.6. The molecule has 28 heavy (non-hydrogen) atoms. The van der Waals surface area contributed by atoms with E-state index >= 15 is 0 Å². The van der Waals surface area contributed by atoms with Gasteiger partial charge in [0.05, 0.1) is 6.04 Å². The Morgan fingerprint density at radius 2 is 1.86 bits per heavy atom. The number of aryl methyl sites for hydroxylation is 1. The van der Waals surface area contributed by atoms with Gasteiger partial charge in [0.2, 0.25) is 5.91 Å². The summed E-state index contributed by atoms with van der Waals surface area (Å²) in [7, 11) is 0. The molecule has 0 aromatic heterocycles. The van der Waals surface area contributed by atoms with Crippen molar-refractivity contribution in [2.45, 2.75) is 37.6 Å². The van der Waals surface area contributed by atoms with E-state index in [-0.39, 0.29) is 11.9 Å². The fraction of sp³-hybridized carbons (Fsp3) is 0.458. The van der Waals surface area contributed by atoms with Crippen molar-refractivity contribution >= 4 is 5.91 Å². The second-order valence-corrected chi connectivity index (χ2v) is 8.23. The standard InChI is InChI=1S/C24H31N3O/c25-15-20-16-27(17-22(20)19-7-2-1-3-8-19)14-13-24(28)26-23-12-6-10-18-9-4-5-11-21(18)23/h1-5,7-9,11,20,22-23H,6,10,12-17,25H2,(H,26,28)/t20-,22+,23?/m1/s1. The van der Waals surface area contributed by atoms with E-state index in [1.807, 2.05) is 0 Å². The molecule has 4 nitrogen and oxygen atoms in total. The number of fused-ring (bicyclic) bond motifs is 1. The number of carbonyl (C=O) groups excluding carboxylic acids is 1. The Balaban J connectivity index is 1.31. The summed E-state index contributed by atoms with van der Waals surface area (Å²) in [5.41, 5.74) is 10.1. The van der Waals surface area contributed by atoms with Crippen molar-refractivity contribution in [1.82, 2.24) is 10.2 Å². The van der Waals surface area contributed by atoms with Crippen LogP contribution in [-0.4, -0.2) is 37.0 Å². The van der Waals surface area contributed by atoms with Gasteiger partial charge in [-0.15, -0.1) is 0 Å². The lowest BCUT2D eigenvalue weighted by atomic mass is 9.87. The van der Waals surface area contributed by atoms with Crippen molar-refractivity contribution in [1.29, 1.82) is 0 Å². The van der Waals surface area contributed by atoms with Crippen molar-refractivity contribution in [3.05, 3.63) is 71.3 Å². The third-order valence-corrected chi connectivity index (χ3v) is 6.41. The summed E-state index contributed by atoms with van der Waals surface area (Å²) in [5.74, 6) is 1.10. The maximum absolute atomic E-state index is 12.6. The van der Waals surface area contributed by atoms with Gasteiger partial charge in [-0.25, -0.2) is 0 Å². The van der Waals surface area contributed by atoms with Crippen molar-refractivity contribution < 1.29 is 4.79 Å². The molecule has 1 fully saturated rings. The largest absolute Gasteiger partial charge is 0.349 e. The highest BCUT2D eigenvalue weighted by Crippen LogP contribution is 2.32. The van der Waals surface area contributed by atoms with Crippen LogP contribution in [0.15, 0.2) is 54.6 Å². The molecule has 4 rings (SSSR count). The Morgan fingerprint density at radius 1 is 1.07 bits per heavy atom. The number of nitrogens with two attached hydrogens (primary N) is 1. The molecule has 1 unspecified atom stereocenters. The Morgan fingerprint density at radius 3 is 2.68 bits per heavy atom. The van der Waals surface area contributed by atoms with Crippen LogP contribution in [0.3, 0.4) is 0 Å². The van der Waals surface area contributed by atoms with Gasteiger partial charge in [0.25, 0.3) is 0 Å². The molecule has 2 aromatic carbocycles. The van der Waals surface area contributed by atoms with Crippen molar-refractivity contribution in [3.8, 4) is 0 Å². The zero-order chi connectivity index (χ0) is 19.3.